The van der Waals surface area contributed by atoms with E-state index in [4.69, 9.17) is 16.3 Å². The number of methoxy groups -OCH3 is 1. The molecular formula is C21H17ClN4O2S. The minimum atomic E-state index is -0.275. The number of fused-ring (bicyclic) bond motifs is 1. The smallest absolute Gasteiger partial charge is 0.290 e. The fourth-order valence-corrected chi connectivity index (χ4v) is 4.42. The van der Waals surface area contributed by atoms with Crippen molar-refractivity contribution in [3.8, 4) is 5.75 Å². The molecule has 0 aliphatic carbocycles. The summed E-state index contributed by atoms with van der Waals surface area (Å²) in [6.07, 6.45) is 0. The molecule has 2 aromatic carbocycles. The summed E-state index contributed by atoms with van der Waals surface area (Å²) in [4.78, 5) is 13.6. The van der Waals surface area contributed by atoms with Crippen LogP contribution >= 0.6 is 22.9 Å². The van der Waals surface area contributed by atoms with Crippen molar-refractivity contribution in [2.45, 2.75) is 13.8 Å². The van der Waals surface area contributed by atoms with E-state index >= 15 is 0 Å². The lowest BCUT2D eigenvalue weighted by molar-refractivity contribution is 0.0946. The van der Waals surface area contributed by atoms with Crippen LogP contribution in [0.25, 0.3) is 10.1 Å². The first kappa shape index (κ1) is 19.3. The number of carbonyl (C=O) groups excluding carboxylic acids is 1. The SMILES string of the molecule is COc1ccc(N=Nc2c(C)nn(C(=O)c3sc4ccccc4c3Cl)c2C)cc1. The highest BCUT2D eigenvalue weighted by atomic mass is 35.5. The van der Waals surface area contributed by atoms with Gasteiger partial charge < -0.3 is 4.74 Å². The molecule has 2 aromatic heterocycles. The third kappa shape index (κ3) is 3.54. The van der Waals surface area contributed by atoms with E-state index in [0.717, 1.165) is 15.8 Å². The van der Waals surface area contributed by atoms with E-state index in [0.29, 0.717) is 32.7 Å². The molecule has 0 fully saturated rings. The second-order valence-electron chi connectivity index (χ2n) is 6.38. The van der Waals surface area contributed by atoms with Crippen LogP contribution in [0.1, 0.15) is 21.1 Å². The van der Waals surface area contributed by atoms with Crippen molar-refractivity contribution in [1.82, 2.24) is 9.78 Å². The van der Waals surface area contributed by atoms with E-state index in [1.165, 1.54) is 16.0 Å². The maximum atomic E-state index is 13.1. The van der Waals surface area contributed by atoms with Gasteiger partial charge in [0, 0.05) is 10.1 Å². The predicted molar refractivity (Wildman–Crippen MR) is 115 cm³/mol. The Morgan fingerprint density at radius 3 is 2.52 bits per heavy atom. The second kappa shape index (κ2) is 7.77. The summed E-state index contributed by atoms with van der Waals surface area (Å²) >= 11 is 7.82. The highest BCUT2D eigenvalue weighted by Crippen LogP contribution is 2.36. The largest absolute Gasteiger partial charge is 0.497 e. The summed E-state index contributed by atoms with van der Waals surface area (Å²) in [5.41, 5.74) is 2.46. The van der Waals surface area contributed by atoms with Crippen molar-refractivity contribution in [3.63, 3.8) is 0 Å². The van der Waals surface area contributed by atoms with Gasteiger partial charge in [0.15, 0.2) is 0 Å². The molecule has 29 heavy (non-hydrogen) atoms. The molecule has 0 spiro atoms. The van der Waals surface area contributed by atoms with Gasteiger partial charge in [-0.2, -0.15) is 14.9 Å². The van der Waals surface area contributed by atoms with E-state index in [9.17, 15) is 4.79 Å². The molecule has 0 unspecified atom stereocenters. The zero-order chi connectivity index (χ0) is 20.5. The van der Waals surface area contributed by atoms with Crippen LogP contribution in [0.5, 0.6) is 5.75 Å². The molecule has 2 heterocycles. The van der Waals surface area contributed by atoms with Crippen molar-refractivity contribution >= 4 is 50.3 Å². The lowest BCUT2D eigenvalue weighted by Gasteiger charge is -2.01. The summed E-state index contributed by atoms with van der Waals surface area (Å²) in [6.45, 7) is 3.59. The zero-order valence-electron chi connectivity index (χ0n) is 16.0. The Morgan fingerprint density at radius 2 is 1.83 bits per heavy atom. The zero-order valence-corrected chi connectivity index (χ0v) is 17.6. The minimum absolute atomic E-state index is 0.275. The molecule has 0 N–H and O–H groups in total. The van der Waals surface area contributed by atoms with Crippen molar-refractivity contribution in [2.75, 3.05) is 7.11 Å². The minimum Gasteiger partial charge on any atom is -0.497 e. The molecule has 8 heteroatoms. The Hall–Kier alpha value is -3.03. The number of thiophene rings is 1. The fraction of sp³-hybridized carbons (Fsp3) is 0.143. The molecular weight excluding hydrogens is 408 g/mol. The normalized spacial score (nSPS) is 11.4. The molecule has 146 valence electrons. The number of aryl methyl sites for hydroxylation is 1. The summed E-state index contributed by atoms with van der Waals surface area (Å²) in [6, 6.07) is 14.9. The van der Waals surface area contributed by atoms with Crippen molar-refractivity contribution in [1.29, 1.82) is 0 Å². The third-order valence-electron chi connectivity index (χ3n) is 4.51. The van der Waals surface area contributed by atoms with E-state index in [1.807, 2.05) is 36.4 Å². The van der Waals surface area contributed by atoms with Crippen LogP contribution in [0.4, 0.5) is 11.4 Å². The number of ether oxygens (including phenoxy) is 1. The van der Waals surface area contributed by atoms with E-state index < -0.39 is 0 Å². The second-order valence-corrected chi connectivity index (χ2v) is 7.81. The first-order valence-electron chi connectivity index (χ1n) is 8.83. The molecule has 0 aliphatic rings. The van der Waals surface area contributed by atoms with Crippen LogP contribution in [-0.2, 0) is 0 Å². The number of aromatic nitrogens is 2. The molecule has 0 radical (unpaired) electrons. The molecule has 0 aliphatic heterocycles. The standard InChI is InChI=1S/C21H17ClN4O2S/c1-12-19(24-23-14-8-10-15(28-3)11-9-14)13(2)26(25-12)21(27)20-18(22)16-6-4-5-7-17(16)29-20/h4-11H,1-3H3. The van der Waals surface area contributed by atoms with Gasteiger partial charge in [-0.15, -0.1) is 16.5 Å². The number of carbonyl (C=O) groups is 1. The Labute approximate surface area is 176 Å². The third-order valence-corrected chi connectivity index (χ3v) is 6.18. The van der Waals surface area contributed by atoms with Gasteiger partial charge in [-0.3, -0.25) is 4.79 Å². The monoisotopic (exact) mass is 424 g/mol. The van der Waals surface area contributed by atoms with Crippen LogP contribution in [-0.4, -0.2) is 22.8 Å². The average molecular weight is 425 g/mol. The number of nitrogens with zero attached hydrogens (tertiary/aromatic N) is 4. The van der Waals surface area contributed by atoms with Crippen molar-refractivity contribution in [2.24, 2.45) is 10.2 Å². The van der Waals surface area contributed by atoms with Gasteiger partial charge in [0.25, 0.3) is 5.91 Å². The maximum Gasteiger partial charge on any atom is 0.290 e. The molecule has 0 atom stereocenters. The van der Waals surface area contributed by atoms with Gasteiger partial charge in [-0.05, 0) is 44.2 Å². The predicted octanol–water partition coefficient (Wildman–Crippen LogP) is 6.48. The Balaban J connectivity index is 1.68. The molecule has 4 aromatic rings. The average Bonchev–Trinajstić information content (AvgIpc) is 3.23. The quantitative estimate of drug-likeness (QED) is 0.352. The number of halogens is 1. The summed E-state index contributed by atoms with van der Waals surface area (Å²) in [5, 5.41) is 14.3. The highest BCUT2D eigenvalue weighted by molar-refractivity contribution is 7.21. The molecule has 6 nitrogen and oxygen atoms in total. The highest BCUT2D eigenvalue weighted by Gasteiger charge is 2.23. The maximum absolute atomic E-state index is 13.1. The number of azo groups is 1. The topological polar surface area (TPSA) is 68.8 Å². The fourth-order valence-electron chi connectivity index (χ4n) is 2.98. The van der Waals surface area contributed by atoms with E-state index in [-0.39, 0.29) is 5.91 Å². The molecule has 4 rings (SSSR count). The molecule has 0 saturated carbocycles. The van der Waals surface area contributed by atoms with Gasteiger partial charge in [-0.1, -0.05) is 29.8 Å². The van der Waals surface area contributed by atoms with E-state index in [2.05, 4.69) is 15.3 Å². The first-order valence-corrected chi connectivity index (χ1v) is 10.0. The summed E-state index contributed by atoms with van der Waals surface area (Å²) in [7, 11) is 1.61. The molecule has 0 amide bonds. The molecule has 0 bridgehead atoms. The van der Waals surface area contributed by atoms with Gasteiger partial charge in [0.2, 0.25) is 0 Å². The number of benzene rings is 2. The van der Waals surface area contributed by atoms with Crippen LogP contribution in [0, 0.1) is 13.8 Å². The van der Waals surface area contributed by atoms with Crippen LogP contribution < -0.4 is 4.74 Å². The summed E-state index contributed by atoms with van der Waals surface area (Å²) < 4.78 is 7.44. The lowest BCUT2D eigenvalue weighted by Crippen LogP contribution is -2.14. The molecule has 0 saturated heterocycles. The number of rotatable bonds is 4. The van der Waals surface area contributed by atoms with Crippen LogP contribution in [0.2, 0.25) is 5.02 Å². The Morgan fingerprint density at radius 1 is 1.10 bits per heavy atom. The number of hydrogen-bond donors (Lipinski definition) is 0. The van der Waals surface area contributed by atoms with Gasteiger partial charge in [0.1, 0.15) is 16.3 Å². The first-order chi connectivity index (χ1) is 14.0. The van der Waals surface area contributed by atoms with E-state index in [1.54, 1.807) is 33.1 Å². The van der Waals surface area contributed by atoms with Gasteiger partial charge >= 0.3 is 0 Å². The Bertz CT molecular complexity index is 1240. The Kier molecular flexibility index (Phi) is 5.17. The van der Waals surface area contributed by atoms with Crippen LogP contribution in [0.3, 0.4) is 0 Å². The number of hydrogen-bond acceptors (Lipinski definition) is 6. The summed E-state index contributed by atoms with van der Waals surface area (Å²) in [5.74, 6) is 0.470. The lowest BCUT2D eigenvalue weighted by atomic mass is 10.2. The van der Waals surface area contributed by atoms with Crippen molar-refractivity contribution < 1.29 is 9.53 Å². The van der Waals surface area contributed by atoms with Crippen LogP contribution in [0.15, 0.2) is 58.8 Å². The van der Waals surface area contributed by atoms with Crippen molar-refractivity contribution in [3.05, 3.63) is 69.8 Å². The van der Waals surface area contributed by atoms with Gasteiger partial charge in [0.05, 0.1) is 29.2 Å². The van der Waals surface area contributed by atoms with Gasteiger partial charge in [-0.25, -0.2) is 0 Å².